The predicted molar refractivity (Wildman–Crippen MR) is 93.5 cm³/mol. The van der Waals surface area contributed by atoms with Gasteiger partial charge in [-0.15, -0.1) is 0 Å². The van der Waals surface area contributed by atoms with Crippen LogP contribution in [-0.4, -0.2) is 49.3 Å². The summed E-state index contributed by atoms with van der Waals surface area (Å²) in [6, 6.07) is 1.84. The van der Waals surface area contributed by atoms with Crippen LogP contribution in [0.1, 0.15) is 54.6 Å². The van der Waals surface area contributed by atoms with Crippen molar-refractivity contribution < 1.29 is 18.7 Å². The number of piperidine rings is 1. The molecule has 3 aliphatic rings. The maximum atomic E-state index is 12.6. The van der Waals surface area contributed by atoms with Crippen LogP contribution in [0.5, 0.6) is 0 Å². The van der Waals surface area contributed by atoms with Gasteiger partial charge in [0.1, 0.15) is 0 Å². The summed E-state index contributed by atoms with van der Waals surface area (Å²) >= 11 is 0. The van der Waals surface area contributed by atoms with Crippen molar-refractivity contribution in [2.24, 2.45) is 11.8 Å². The van der Waals surface area contributed by atoms with Crippen molar-refractivity contribution in [2.45, 2.75) is 51.0 Å². The molecule has 0 bridgehead atoms. The number of hydrogen-bond donors (Lipinski definition) is 0. The highest BCUT2D eigenvalue weighted by molar-refractivity contribution is 5.92. The summed E-state index contributed by atoms with van der Waals surface area (Å²) in [6.45, 7) is 6.04. The Balaban J connectivity index is 1.29. The van der Waals surface area contributed by atoms with Crippen molar-refractivity contribution in [1.82, 2.24) is 4.90 Å². The van der Waals surface area contributed by atoms with Gasteiger partial charge in [-0.1, -0.05) is 0 Å². The molecule has 1 atom stereocenters. The number of hydrogen-bond acceptors (Lipinski definition) is 4. The second kappa shape index (κ2) is 7.12. The first-order valence-electron chi connectivity index (χ1n) is 9.73. The van der Waals surface area contributed by atoms with Gasteiger partial charge in [-0.05, 0) is 63.4 Å². The number of carbonyl (C=O) groups excluding carboxylic acids is 1. The van der Waals surface area contributed by atoms with E-state index in [-0.39, 0.29) is 11.5 Å². The summed E-state index contributed by atoms with van der Waals surface area (Å²) in [7, 11) is 0. The average Bonchev–Trinajstić information content (AvgIpc) is 3.23. The molecule has 1 unspecified atom stereocenters. The summed E-state index contributed by atoms with van der Waals surface area (Å²) in [4.78, 5) is 14.5. The van der Waals surface area contributed by atoms with Crippen molar-refractivity contribution in [1.29, 1.82) is 0 Å². The molecule has 2 saturated heterocycles. The lowest BCUT2D eigenvalue weighted by molar-refractivity contribution is -0.0675. The normalized spacial score (nSPS) is 25.6. The van der Waals surface area contributed by atoms with E-state index in [4.69, 9.17) is 13.9 Å². The highest BCUT2D eigenvalue weighted by atomic mass is 16.5. The molecule has 1 aliphatic carbocycles. The largest absolute Gasteiger partial charge is 0.459 e. The molecule has 5 heteroatoms. The smallest absolute Gasteiger partial charge is 0.289 e. The lowest BCUT2D eigenvalue weighted by Gasteiger charge is -2.42. The summed E-state index contributed by atoms with van der Waals surface area (Å²) in [5.74, 6) is 1.88. The van der Waals surface area contributed by atoms with Crippen LogP contribution >= 0.6 is 0 Å². The first-order chi connectivity index (χ1) is 12.2. The minimum absolute atomic E-state index is 0.0136. The lowest BCUT2D eigenvalue weighted by atomic mass is 9.78. The molecule has 138 valence electrons. The number of furan rings is 1. The fourth-order valence-electron chi connectivity index (χ4n) is 4.33. The maximum Gasteiger partial charge on any atom is 0.289 e. The zero-order valence-electron chi connectivity index (χ0n) is 15.2. The third-order valence-electron chi connectivity index (χ3n) is 6.21. The second-order valence-electron chi connectivity index (χ2n) is 7.93. The molecule has 1 aromatic rings. The van der Waals surface area contributed by atoms with E-state index in [2.05, 4.69) is 0 Å². The quantitative estimate of drug-likeness (QED) is 0.740. The average molecular weight is 347 g/mol. The Morgan fingerprint density at radius 3 is 2.80 bits per heavy atom. The van der Waals surface area contributed by atoms with Gasteiger partial charge in [0.25, 0.3) is 5.91 Å². The molecule has 0 N–H and O–H groups in total. The third kappa shape index (κ3) is 3.63. The first-order valence-corrected chi connectivity index (χ1v) is 9.73. The van der Waals surface area contributed by atoms with Crippen LogP contribution in [0.25, 0.3) is 0 Å². The SMILES string of the molecule is Cc1ccoc1C(=O)N1CCC2(CC1)OCCC2CCOCC1CC1. The number of amides is 1. The van der Waals surface area contributed by atoms with Crippen LogP contribution in [-0.2, 0) is 9.47 Å². The van der Waals surface area contributed by atoms with Gasteiger partial charge in [0.2, 0.25) is 0 Å². The Morgan fingerprint density at radius 2 is 2.12 bits per heavy atom. The Kier molecular flexibility index (Phi) is 4.87. The highest BCUT2D eigenvalue weighted by Gasteiger charge is 2.46. The third-order valence-corrected chi connectivity index (χ3v) is 6.21. The van der Waals surface area contributed by atoms with E-state index in [0.717, 1.165) is 70.1 Å². The van der Waals surface area contributed by atoms with Gasteiger partial charge in [-0.25, -0.2) is 0 Å². The molecule has 25 heavy (non-hydrogen) atoms. The van der Waals surface area contributed by atoms with Crippen LogP contribution in [0.3, 0.4) is 0 Å². The van der Waals surface area contributed by atoms with E-state index in [0.29, 0.717) is 11.7 Å². The Morgan fingerprint density at radius 1 is 1.32 bits per heavy atom. The minimum Gasteiger partial charge on any atom is -0.459 e. The summed E-state index contributed by atoms with van der Waals surface area (Å²) < 4.78 is 17.4. The topological polar surface area (TPSA) is 51.9 Å². The predicted octanol–water partition coefficient (Wildman–Crippen LogP) is 3.42. The first kappa shape index (κ1) is 17.1. The van der Waals surface area contributed by atoms with Crippen molar-refractivity contribution in [2.75, 3.05) is 32.9 Å². The van der Waals surface area contributed by atoms with Crippen molar-refractivity contribution in [3.63, 3.8) is 0 Å². The van der Waals surface area contributed by atoms with E-state index in [1.54, 1.807) is 6.26 Å². The number of nitrogens with zero attached hydrogens (tertiary/aromatic N) is 1. The van der Waals surface area contributed by atoms with Gasteiger partial charge in [-0.3, -0.25) is 4.79 Å². The number of rotatable bonds is 6. The maximum absolute atomic E-state index is 12.6. The van der Waals surface area contributed by atoms with Crippen LogP contribution in [0.2, 0.25) is 0 Å². The summed E-state index contributed by atoms with van der Waals surface area (Å²) in [5, 5.41) is 0. The van der Waals surface area contributed by atoms with Gasteiger partial charge in [0.15, 0.2) is 5.76 Å². The fourth-order valence-corrected chi connectivity index (χ4v) is 4.33. The van der Waals surface area contributed by atoms with Crippen LogP contribution in [0.15, 0.2) is 16.7 Å². The molecule has 1 saturated carbocycles. The second-order valence-corrected chi connectivity index (χ2v) is 7.93. The molecule has 1 aromatic heterocycles. The van der Waals surface area contributed by atoms with Crippen LogP contribution < -0.4 is 0 Å². The lowest BCUT2D eigenvalue weighted by Crippen LogP contribution is -2.49. The molecule has 2 aliphatic heterocycles. The van der Waals surface area contributed by atoms with Crippen molar-refractivity contribution in [3.05, 3.63) is 23.7 Å². The van der Waals surface area contributed by atoms with E-state index in [9.17, 15) is 4.79 Å². The van der Waals surface area contributed by atoms with E-state index < -0.39 is 0 Å². The molecular formula is C20H29NO4. The molecule has 0 radical (unpaired) electrons. The van der Waals surface area contributed by atoms with Gasteiger partial charge in [0.05, 0.1) is 11.9 Å². The molecule has 1 amide bonds. The molecule has 3 fully saturated rings. The van der Waals surface area contributed by atoms with Gasteiger partial charge >= 0.3 is 0 Å². The molecule has 0 aromatic carbocycles. The Bertz CT molecular complexity index is 599. The minimum atomic E-state index is -0.0437. The van der Waals surface area contributed by atoms with E-state index >= 15 is 0 Å². The van der Waals surface area contributed by atoms with Gasteiger partial charge in [-0.2, -0.15) is 0 Å². The number of carbonyl (C=O) groups is 1. The number of aryl methyl sites for hydroxylation is 1. The fraction of sp³-hybridized carbons (Fsp3) is 0.750. The zero-order valence-corrected chi connectivity index (χ0v) is 15.2. The molecule has 4 rings (SSSR count). The summed E-state index contributed by atoms with van der Waals surface area (Å²) in [6.07, 6.45) is 8.32. The van der Waals surface area contributed by atoms with Gasteiger partial charge < -0.3 is 18.8 Å². The molecule has 1 spiro atoms. The standard InChI is InChI=1S/C20H29NO4/c1-15-4-12-24-18(15)19(22)21-9-7-20(8-10-21)17(6-13-25-20)5-11-23-14-16-2-3-16/h4,12,16-17H,2-3,5-11,13-14H2,1H3. The van der Waals surface area contributed by atoms with E-state index in [1.807, 2.05) is 17.9 Å². The molecular weight excluding hydrogens is 318 g/mol. The molecule has 3 heterocycles. The van der Waals surface area contributed by atoms with Crippen LogP contribution in [0.4, 0.5) is 0 Å². The van der Waals surface area contributed by atoms with Crippen molar-refractivity contribution >= 4 is 5.91 Å². The molecule has 5 nitrogen and oxygen atoms in total. The monoisotopic (exact) mass is 347 g/mol. The van der Waals surface area contributed by atoms with Gasteiger partial charge in [0, 0.05) is 38.5 Å². The Hall–Kier alpha value is -1.33. The van der Waals surface area contributed by atoms with Crippen LogP contribution in [0, 0.1) is 18.8 Å². The summed E-state index contributed by atoms with van der Waals surface area (Å²) in [5.41, 5.74) is 0.867. The number of likely N-dealkylation sites (tertiary alicyclic amines) is 1. The zero-order chi connectivity index (χ0) is 17.3. The van der Waals surface area contributed by atoms with Crippen molar-refractivity contribution in [3.8, 4) is 0 Å². The number of ether oxygens (including phenoxy) is 2. The highest BCUT2D eigenvalue weighted by Crippen LogP contribution is 2.42. The Labute approximate surface area is 149 Å². The van der Waals surface area contributed by atoms with E-state index in [1.165, 1.54) is 12.8 Å².